The van der Waals surface area contributed by atoms with Crippen molar-refractivity contribution < 1.29 is 21.1 Å². The maximum absolute atomic E-state index is 5.02. The smallest absolute Gasteiger partial charge is 0.305 e. The van der Waals surface area contributed by atoms with Gasteiger partial charge >= 0.3 is 21.1 Å². The molecule has 9 aromatic rings. The molecule has 10 rings (SSSR count). The summed E-state index contributed by atoms with van der Waals surface area (Å²) in [4.78, 5) is 9.90. The van der Waals surface area contributed by atoms with Crippen LogP contribution < -0.4 is 0 Å². The first kappa shape index (κ1) is 35.2. The summed E-state index contributed by atoms with van der Waals surface area (Å²) in [6.45, 7) is 0. The van der Waals surface area contributed by atoms with E-state index in [1.54, 1.807) is 0 Å². The van der Waals surface area contributed by atoms with E-state index in [0.29, 0.717) is 0 Å². The number of rotatable bonds is 7. The summed E-state index contributed by atoms with van der Waals surface area (Å²) >= 11 is 0. The van der Waals surface area contributed by atoms with Gasteiger partial charge in [0.25, 0.3) is 0 Å². The first-order chi connectivity index (χ1) is 27.3. The molecule has 7 aromatic carbocycles. The van der Waals surface area contributed by atoms with Crippen LogP contribution in [0.15, 0.2) is 207 Å². The van der Waals surface area contributed by atoms with E-state index in [4.69, 9.17) is 9.97 Å². The van der Waals surface area contributed by atoms with Crippen molar-refractivity contribution in [2.75, 3.05) is 0 Å². The number of benzene rings is 7. The second kappa shape index (κ2) is 15.0. The van der Waals surface area contributed by atoms with Crippen molar-refractivity contribution in [1.29, 1.82) is 0 Å². The third-order valence-corrected chi connectivity index (χ3v) is 10.9. The Hall–Kier alpha value is -6.47. The zero-order valence-electron chi connectivity index (χ0n) is 30.3. The molecule has 2 heterocycles. The molecule has 0 bridgehead atoms. The number of hydrogen-bond acceptors (Lipinski definition) is 2. The normalized spacial score (nSPS) is 12.3. The standard InChI is InChI=1S/C53H34N2.Pt/c1-4-16-37(17-5-1)40-31-33-55-52(34-40)48-36-42(28-30-44(48)39-20-8-3-9-21-39)53(49-24-12-10-22-45(49)46-23-11-13-25-50(46)53)41-27-29-43(38-18-6-2-7-19-38)47(35-41)51-26-14-15-32-54-51;/h1-34H;/q-2;+2. The number of fused-ring (bicyclic) bond motifs is 3. The maximum Gasteiger partial charge on any atom is 2.00 e. The molecule has 0 saturated carbocycles. The molecule has 2 aromatic heterocycles. The maximum atomic E-state index is 5.02. The first-order valence-corrected chi connectivity index (χ1v) is 18.7. The van der Waals surface area contributed by atoms with E-state index in [9.17, 15) is 0 Å². The van der Waals surface area contributed by atoms with Gasteiger partial charge in [0.2, 0.25) is 0 Å². The third-order valence-electron chi connectivity index (χ3n) is 10.9. The molecule has 0 radical (unpaired) electrons. The van der Waals surface area contributed by atoms with Crippen LogP contribution in [0.2, 0.25) is 0 Å². The third kappa shape index (κ3) is 5.95. The zero-order valence-corrected chi connectivity index (χ0v) is 32.6. The molecule has 0 amide bonds. The van der Waals surface area contributed by atoms with Gasteiger partial charge in [-0.2, -0.15) is 0 Å². The number of pyridine rings is 2. The van der Waals surface area contributed by atoms with Gasteiger partial charge in [-0.25, -0.2) is 0 Å². The molecule has 0 unspecified atom stereocenters. The monoisotopic (exact) mass is 893 g/mol. The minimum absolute atomic E-state index is 0. The summed E-state index contributed by atoms with van der Waals surface area (Å²) in [6, 6.07) is 76.8. The fourth-order valence-corrected chi connectivity index (χ4v) is 8.39. The van der Waals surface area contributed by atoms with Crippen molar-refractivity contribution in [3.8, 4) is 67.0 Å². The Morgan fingerprint density at radius 2 is 0.804 bits per heavy atom. The Morgan fingerprint density at radius 1 is 0.339 bits per heavy atom. The van der Waals surface area contributed by atoms with E-state index in [1.807, 2.05) is 24.5 Å². The summed E-state index contributed by atoms with van der Waals surface area (Å²) in [6.07, 6.45) is 3.78. The van der Waals surface area contributed by atoms with Gasteiger partial charge in [0.15, 0.2) is 0 Å². The molecular formula is C53H34N2Pt. The van der Waals surface area contributed by atoms with Crippen LogP contribution in [-0.2, 0) is 26.5 Å². The molecule has 0 N–H and O–H groups in total. The molecule has 0 saturated heterocycles. The average molecular weight is 894 g/mol. The van der Waals surface area contributed by atoms with Crippen molar-refractivity contribution >= 4 is 0 Å². The predicted octanol–water partition coefficient (Wildman–Crippen LogP) is 12.8. The summed E-state index contributed by atoms with van der Waals surface area (Å²) in [5, 5.41) is 0. The van der Waals surface area contributed by atoms with Crippen molar-refractivity contribution in [2.45, 2.75) is 5.41 Å². The minimum Gasteiger partial charge on any atom is -0.305 e. The molecule has 0 spiro atoms. The largest absolute Gasteiger partial charge is 2.00 e. The molecule has 3 heteroatoms. The van der Waals surface area contributed by atoms with Crippen LogP contribution in [0.5, 0.6) is 0 Å². The Labute approximate surface area is 342 Å². The minimum atomic E-state index is -0.743. The van der Waals surface area contributed by atoms with Gasteiger partial charge < -0.3 is 9.97 Å². The van der Waals surface area contributed by atoms with E-state index in [2.05, 4.69) is 194 Å². The number of hydrogen-bond donors (Lipinski definition) is 0. The summed E-state index contributed by atoms with van der Waals surface area (Å²) in [5.41, 5.74) is 16.5. The molecule has 56 heavy (non-hydrogen) atoms. The zero-order chi connectivity index (χ0) is 36.6. The number of aromatic nitrogens is 2. The fourth-order valence-electron chi connectivity index (χ4n) is 8.39. The van der Waals surface area contributed by atoms with E-state index in [1.165, 1.54) is 22.3 Å². The Balaban J connectivity index is 0.00000410. The van der Waals surface area contributed by atoms with E-state index < -0.39 is 5.41 Å². The topological polar surface area (TPSA) is 25.8 Å². The molecule has 0 aliphatic heterocycles. The summed E-state index contributed by atoms with van der Waals surface area (Å²) in [5.74, 6) is 0. The molecule has 1 aliphatic carbocycles. The molecule has 1 aliphatic rings. The predicted molar refractivity (Wildman–Crippen MR) is 224 cm³/mol. The van der Waals surface area contributed by atoms with Gasteiger partial charge in [0.05, 0.1) is 0 Å². The van der Waals surface area contributed by atoms with Crippen LogP contribution >= 0.6 is 0 Å². The van der Waals surface area contributed by atoms with E-state index in [0.717, 1.165) is 67.0 Å². The SMILES string of the molecule is [Pt+2].[c-]1c(C2(c3[c-]c(-c4cc(-c5ccccc5)ccn4)c(-c4ccccc4)cc3)c3ccccc3-c3ccccc32)ccc(-c2ccccc2)c1-c1ccccn1. The molecule has 0 fully saturated rings. The van der Waals surface area contributed by atoms with Crippen LogP contribution in [-0.4, -0.2) is 9.97 Å². The van der Waals surface area contributed by atoms with Gasteiger partial charge in [0, 0.05) is 17.8 Å². The van der Waals surface area contributed by atoms with Crippen LogP contribution in [0.1, 0.15) is 22.3 Å². The average Bonchev–Trinajstić information content (AvgIpc) is 3.58. The fraction of sp³-hybridized carbons (Fsp3) is 0.0189. The van der Waals surface area contributed by atoms with Gasteiger partial charge in [-0.3, -0.25) is 0 Å². The quantitative estimate of drug-likeness (QED) is 0.149. The van der Waals surface area contributed by atoms with E-state index >= 15 is 0 Å². The molecule has 2 nitrogen and oxygen atoms in total. The van der Waals surface area contributed by atoms with Gasteiger partial charge in [-0.15, -0.1) is 58.7 Å². The van der Waals surface area contributed by atoms with Crippen molar-refractivity contribution in [2.24, 2.45) is 0 Å². The Kier molecular flexibility index (Phi) is 9.43. The first-order valence-electron chi connectivity index (χ1n) is 18.7. The summed E-state index contributed by atoms with van der Waals surface area (Å²) < 4.78 is 0. The van der Waals surface area contributed by atoms with Crippen molar-refractivity contribution in [1.82, 2.24) is 9.97 Å². The van der Waals surface area contributed by atoms with Gasteiger partial charge in [-0.05, 0) is 56.9 Å². The van der Waals surface area contributed by atoms with E-state index in [-0.39, 0.29) is 21.1 Å². The Bertz CT molecular complexity index is 2750. The second-order valence-electron chi connectivity index (χ2n) is 13.9. The van der Waals surface area contributed by atoms with Crippen LogP contribution in [0.25, 0.3) is 67.0 Å². The van der Waals surface area contributed by atoms with Crippen molar-refractivity contribution in [3.05, 3.63) is 241 Å². The molecule has 0 atom stereocenters. The molecular weight excluding hydrogens is 860 g/mol. The second-order valence-corrected chi connectivity index (χ2v) is 13.9. The summed E-state index contributed by atoms with van der Waals surface area (Å²) in [7, 11) is 0. The van der Waals surface area contributed by atoms with Gasteiger partial charge in [0.1, 0.15) is 0 Å². The molecule has 266 valence electrons. The van der Waals surface area contributed by atoms with Crippen LogP contribution in [0.3, 0.4) is 0 Å². The van der Waals surface area contributed by atoms with Crippen molar-refractivity contribution in [3.63, 3.8) is 0 Å². The van der Waals surface area contributed by atoms with Gasteiger partial charge in [-0.1, -0.05) is 180 Å². The van der Waals surface area contributed by atoms with Crippen LogP contribution in [0, 0.1) is 12.1 Å². The van der Waals surface area contributed by atoms with Crippen LogP contribution in [0.4, 0.5) is 0 Å². The Morgan fingerprint density at radius 3 is 1.34 bits per heavy atom. The number of nitrogens with zero attached hydrogens (tertiary/aromatic N) is 2.